The standard InChI is InChI=1S/C17H18ClFN2/c18-14-7-8-15(19)13(11-14)12-20-16-5-1-2-6-17(16)21-9-3-4-10-21/h1-2,5-8,11,20H,3-4,9-10,12H2. The van der Waals surface area contributed by atoms with Gasteiger partial charge in [-0.15, -0.1) is 0 Å². The van der Waals surface area contributed by atoms with E-state index in [-0.39, 0.29) is 5.82 Å². The lowest BCUT2D eigenvalue weighted by atomic mass is 10.2. The second kappa shape index (κ2) is 6.35. The highest BCUT2D eigenvalue weighted by atomic mass is 35.5. The maximum absolute atomic E-state index is 13.8. The lowest BCUT2D eigenvalue weighted by Crippen LogP contribution is -2.19. The second-order valence-electron chi connectivity index (χ2n) is 5.30. The van der Waals surface area contributed by atoms with Crippen LogP contribution in [0.1, 0.15) is 18.4 Å². The van der Waals surface area contributed by atoms with Crippen molar-refractivity contribution in [2.75, 3.05) is 23.3 Å². The number of anilines is 2. The molecule has 1 N–H and O–H groups in total. The van der Waals surface area contributed by atoms with E-state index in [1.807, 2.05) is 18.2 Å². The summed E-state index contributed by atoms with van der Waals surface area (Å²) in [5, 5.41) is 3.89. The third-order valence-electron chi connectivity index (χ3n) is 3.83. The highest BCUT2D eigenvalue weighted by Gasteiger charge is 2.15. The van der Waals surface area contributed by atoms with Crippen LogP contribution in [-0.2, 0) is 6.54 Å². The van der Waals surface area contributed by atoms with E-state index in [1.54, 1.807) is 12.1 Å². The van der Waals surface area contributed by atoms with Crippen LogP contribution in [0.2, 0.25) is 5.02 Å². The zero-order valence-electron chi connectivity index (χ0n) is 11.8. The minimum atomic E-state index is -0.231. The van der Waals surface area contributed by atoms with Gasteiger partial charge in [-0.3, -0.25) is 0 Å². The van der Waals surface area contributed by atoms with Gasteiger partial charge < -0.3 is 10.2 Å². The monoisotopic (exact) mass is 304 g/mol. The van der Waals surface area contributed by atoms with Gasteiger partial charge in [0, 0.05) is 30.2 Å². The summed E-state index contributed by atoms with van der Waals surface area (Å²) < 4.78 is 13.8. The number of nitrogens with zero attached hydrogens (tertiary/aromatic N) is 1. The Hall–Kier alpha value is -1.74. The molecule has 0 atom stereocenters. The van der Waals surface area contributed by atoms with E-state index >= 15 is 0 Å². The van der Waals surface area contributed by atoms with Gasteiger partial charge in [-0.2, -0.15) is 0 Å². The summed E-state index contributed by atoms with van der Waals surface area (Å²) in [4.78, 5) is 2.37. The largest absolute Gasteiger partial charge is 0.379 e. The molecule has 110 valence electrons. The van der Waals surface area contributed by atoms with Crippen molar-refractivity contribution in [1.82, 2.24) is 0 Å². The Morgan fingerprint density at radius 1 is 1.10 bits per heavy atom. The number of nitrogens with one attached hydrogen (secondary N) is 1. The molecule has 0 bridgehead atoms. The van der Waals surface area contributed by atoms with Crippen LogP contribution in [0.15, 0.2) is 42.5 Å². The van der Waals surface area contributed by atoms with Crippen molar-refractivity contribution in [3.8, 4) is 0 Å². The smallest absolute Gasteiger partial charge is 0.128 e. The maximum Gasteiger partial charge on any atom is 0.128 e. The third-order valence-corrected chi connectivity index (χ3v) is 4.06. The van der Waals surface area contributed by atoms with E-state index in [9.17, 15) is 4.39 Å². The molecule has 1 aliphatic rings. The number of rotatable bonds is 4. The predicted molar refractivity (Wildman–Crippen MR) is 86.6 cm³/mol. The molecule has 2 aromatic carbocycles. The van der Waals surface area contributed by atoms with Crippen LogP contribution in [0.25, 0.3) is 0 Å². The Labute approximate surface area is 129 Å². The van der Waals surface area contributed by atoms with Crippen molar-refractivity contribution < 1.29 is 4.39 Å². The molecule has 1 saturated heterocycles. The molecule has 0 radical (unpaired) electrons. The highest BCUT2D eigenvalue weighted by Crippen LogP contribution is 2.29. The zero-order valence-corrected chi connectivity index (χ0v) is 12.5. The fourth-order valence-electron chi connectivity index (χ4n) is 2.73. The molecule has 0 spiro atoms. The first-order valence-corrected chi connectivity index (χ1v) is 7.63. The molecule has 2 nitrogen and oxygen atoms in total. The fraction of sp³-hybridized carbons (Fsp3) is 0.294. The molecule has 1 fully saturated rings. The topological polar surface area (TPSA) is 15.3 Å². The first kappa shape index (κ1) is 14.2. The molecule has 0 saturated carbocycles. The summed E-state index contributed by atoms with van der Waals surface area (Å²) in [6.45, 7) is 2.60. The molecule has 2 aromatic rings. The second-order valence-corrected chi connectivity index (χ2v) is 5.74. The van der Waals surface area contributed by atoms with Crippen LogP contribution < -0.4 is 10.2 Å². The van der Waals surface area contributed by atoms with E-state index in [2.05, 4.69) is 16.3 Å². The first-order chi connectivity index (χ1) is 10.2. The number of hydrogen-bond donors (Lipinski definition) is 1. The van der Waals surface area contributed by atoms with E-state index in [1.165, 1.54) is 24.6 Å². The Balaban J connectivity index is 1.77. The van der Waals surface area contributed by atoms with Gasteiger partial charge >= 0.3 is 0 Å². The van der Waals surface area contributed by atoms with E-state index < -0.39 is 0 Å². The SMILES string of the molecule is Fc1ccc(Cl)cc1CNc1ccccc1N1CCCC1. The average Bonchev–Trinajstić information content (AvgIpc) is 3.03. The van der Waals surface area contributed by atoms with Crippen molar-refractivity contribution in [3.05, 3.63) is 58.9 Å². The van der Waals surface area contributed by atoms with Crippen LogP contribution >= 0.6 is 11.6 Å². The number of halogens is 2. The average molecular weight is 305 g/mol. The molecule has 0 unspecified atom stereocenters. The van der Waals surface area contributed by atoms with Crippen molar-refractivity contribution in [1.29, 1.82) is 0 Å². The van der Waals surface area contributed by atoms with Crippen molar-refractivity contribution in [3.63, 3.8) is 0 Å². The Morgan fingerprint density at radius 2 is 1.86 bits per heavy atom. The Morgan fingerprint density at radius 3 is 2.67 bits per heavy atom. The van der Waals surface area contributed by atoms with E-state index in [0.29, 0.717) is 17.1 Å². The molecule has 4 heteroatoms. The van der Waals surface area contributed by atoms with Gasteiger partial charge in [0.15, 0.2) is 0 Å². The number of benzene rings is 2. The summed E-state index contributed by atoms with van der Waals surface area (Å²) in [6, 6.07) is 12.8. The summed E-state index contributed by atoms with van der Waals surface area (Å²) in [7, 11) is 0. The molecular formula is C17H18ClFN2. The van der Waals surface area contributed by atoms with Gasteiger partial charge in [0.05, 0.1) is 11.4 Å². The van der Waals surface area contributed by atoms with Crippen LogP contribution in [0, 0.1) is 5.82 Å². The van der Waals surface area contributed by atoms with Gasteiger partial charge in [-0.25, -0.2) is 4.39 Å². The normalized spacial score (nSPS) is 14.5. The highest BCUT2D eigenvalue weighted by molar-refractivity contribution is 6.30. The van der Waals surface area contributed by atoms with Gasteiger partial charge in [-0.1, -0.05) is 23.7 Å². The van der Waals surface area contributed by atoms with Crippen LogP contribution in [0.5, 0.6) is 0 Å². The van der Waals surface area contributed by atoms with Gasteiger partial charge in [0.1, 0.15) is 5.82 Å². The quantitative estimate of drug-likeness (QED) is 0.881. The summed E-state index contributed by atoms with van der Waals surface area (Å²) in [6.07, 6.45) is 2.47. The molecule has 21 heavy (non-hydrogen) atoms. The van der Waals surface area contributed by atoms with Gasteiger partial charge in [0.25, 0.3) is 0 Å². The fourth-order valence-corrected chi connectivity index (χ4v) is 2.92. The summed E-state index contributed by atoms with van der Waals surface area (Å²) >= 11 is 5.93. The molecule has 0 aromatic heterocycles. The lowest BCUT2D eigenvalue weighted by Gasteiger charge is -2.22. The van der Waals surface area contributed by atoms with Crippen LogP contribution in [-0.4, -0.2) is 13.1 Å². The number of hydrogen-bond acceptors (Lipinski definition) is 2. The van der Waals surface area contributed by atoms with Crippen molar-refractivity contribution >= 4 is 23.0 Å². The first-order valence-electron chi connectivity index (χ1n) is 7.26. The predicted octanol–water partition coefficient (Wildman–Crippen LogP) is 4.69. The zero-order chi connectivity index (χ0) is 14.7. The van der Waals surface area contributed by atoms with Crippen LogP contribution in [0.3, 0.4) is 0 Å². The lowest BCUT2D eigenvalue weighted by molar-refractivity contribution is 0.613. The van der Waals surface area contributed by atoms with E-state index in [0.717, 1.165) is 18.8 Å². The Kier molecular flexibility index (Phi) is 4.30. The maximum atomic E-state index is 13.8. The molecule has 1 heterocycles. The molecule has 1 aliphatic heterocycles. The summed E-state index contributed by atoms with van der Waals surface area (Å²) in [5.41, 5.74) is 2.81. The van der Waals surface area contributed by atoms with E-state index in [4.69, 9.17) is 11.6 Å². The third kappa shape index (κ3) is 3.30. The molecule has 0 aliphatic carbocycles. The number of para-hydroxylation sites is 2. The van der Waals surface area contributed by atoms with Gasteiger partial charge in [-0.05, 0) is 43.2 Å². The van der Waals surface area contributed by atoms with Crippen molar-refractivity contribution in [2.24, 2.45) is 0 Å². The minimum Gasteiger partial charge on any atom is -0.379 e. The minimum absolute atomic E-state index is 0.231. The van der Waals surface area contributed by atoms with Crippen molar-refractivity contribution in [2.45, 2.75) is 19.4 Å². The molecule has 3 rings (SSSR count). The molecule has 0 amide bonds. The molecular weight excluding hydrogens is 287 g/mol. The van der Waals surface area contributed by atoms with Crippen LogP contribution in [0.4, 0.5) is 15.8 Å². The van der Waals surface area contributed by atoms with Gasteiger partial charge in [0.2, 0.25) is 0 Å². The summed E-state index contributed by atoms with van der Waals surface area (Å²) in [5.74, 6) is -0.231. The Bertz CT molecular complexity index is 624.